The van der Waals surface area contributed by atoms with Crippen molar-refractivity contribution in [2.75, 3.05) is 26.0 Å². The zero-order chi connectivity index (χ0) is 15.4. The Kier molecular flexibility index (Phi) is 4.78. The van der Waals surface area contributed by atoms with E-state index >= 15 is 0 Å². The summed E-state index contributed by atoms with van der Waals surface area (Å²) in [6.07, 6.45) is 6.35. The number of nitrogens with zero attached hydrogens (tertiary/aromatic N) is 2. The van der Waals surface area contributed by atoms with Gasteiger partial charge in [0.15, 0.2) is 5.78 Å². The smallest absolute Gasteiger partial charge is 0.229 e. The van der Waals surface area contributed by atoms with E-state index < -0.39 is 0 Å². The highest BCUT2D eigenvalue weighted by Gasteiger charge is 2.28. The van der Waals surface area contributed by atoms with Crippen LogP contribution in [0.3, 0.4) is 0 Å². The normalized spacial score (nSPS) is 14.8. The van der Waals surface area contributed by atoms with Crippen molar-refractivity contribution < 1.29 is 9.59 Å². The Morgan fingerprint density at radius 3 is 2.48 bits per heavy atom. The number of carbonyl (C=O) groups excluding carboxylic acids is 2. The van der Waals surface area contributed by atoms with Crippen LogP contribution in [0.5, 0.6) is 0 Å². The molecule has 4 nitrogen and oxygen atoms in total. The summed E-state index contributed by atoms with van der Waals surface area (Å²) >= 11 is 0. The van der Waals surface area contributed by atoms with Crippen LogP contribution in [0, 0.1) is 5.92 Å². The Morgan fingerprint density at radius 2 is 1.90 bits per heavy atom. The van der Waals surface area contributed by atoms with Crippen LogP contribution < -0.4 is 4.90 Å². The molecule has 0 aromatic heterocycles. The minimum Gasteiger partial charge on any atom is -0.383 e. The molecule has 0 aliphatic heterocycles. The molecule has 0 saturated heterocycles. The number of carbonyl (C=O) groups is 2. The molecule has 2 rings (SSSR count). The number of benzene rings is 1. The lowest BCUT2D eigenvalue weighted by Crippen LogP contribution is -2.36. The summed E-state index contributed by atoms with van der Waals surface area (Å²) in [5.41, 5.74) is 1.37. The molecular weight excluding hydrogens is 264 g/mol. The van der Waals surface area contributed by atoms with Crippen molar-refractivity contribution in [1.29, 1.82) is 0 Å². The summed E-state index contributed by atoms with van der Waals surface area (Å²) in [5, 5.41) is 0. The molecule has 112 valence electrons. The third kappa shape index (κ3) is 3.72. The summed E-state index contributed by atoms with van der Waals surface area (Å²) < 4.78 is 0. The van der Waals surface area contributed by atoms with E-state index in [1.54, 1.807) is 30.3 Å². The SMILES string of the molecule is CN(C)C=CC(=O)c1cccc(N(C)C(=O)C2CCC2)c1. The van der Waals surface area contributed by atoms with Gasteiger partial charge in [0.25, 0.3) is 0 Å². The van der Waals surface area contributed by atoms with E-state index in [0.29, 0.717) is 5.56 Å². The van der Waals surface area contributed by atoms with Gasteiger partial charge >= 0.3 is 0 Å². The van der Waals surface area contributed by atoms with E-state index in [-0.39, 0.29) is 17.6 Å². The second-order valence-corrected chi connectivity index (χ2v) is 5.72. The average molecular weight is 286 g/mol. The zero-order valence-electron chi connectivity index (χ0n) is 12.9. The Hall–Kier alpha value is -2.10. The highest BCUT2D eigenvalue weighted by molar-refractivity contribution is 6.05. The molecule has 1 amide bonds. The number of anilines is 1. The molecule has 0 spiro atoms. The highest BCUT2D eigenvalue weighted by Crippen LogP contribution is 2.29. The number of hydrogen-bond donors (Lipinski definition) is 0. The maximum absolute atomic E-state index is 12.2. The second kappa shape index (κ2) is 6.57. The predicted molar refractivity (Wildman–Crippen MR) is 84.4 cm³/mol. The Labute approximate surface area is 126 Å². The first-order valence-corrected chi connectivity index (χ1v) is 7.25. The molecule has 1 aliphatic rings. The summed E-state index contributed by atoms with van der Waals surface area (Å²) in [6.45, 7) is 0. The largest absolute Gasteiger partial charge is 0.383 e. The van der Waals surface area contributed by atoms with Crippen molar-refractivity contribution in [2.24, 2.45) is 5.92 Å². The van der Waals surface area contributed by atoms with Crippen molar-refractivity contribution in [3.8, 4) is 0 Å². The fourth-order valence-corrected chi connectivity index (χ4v) is 2.24. The Morgan fingerprint density at radius 1 is 1.19 bits per heavy atom. The summed E-state index contributed by atoms with van der Waals surface area (Å²) in [6, 6.07) is 7.23. The quantitative estimate of drug-likeness (QED) is 0.617. The summed E-state index contributed by atoms with van der Waals surface area (Å²) in [4.78, 5) is 27.8. The monoisotopic (exact) mass is 286 g/mol. The maximum Gasteiger partial charge on any atom is 0.229 e. The first kappa shape index (κ1) is 15.3. The minimum atomic E-state index is -0.0601. The van der Waals surface area contributed by atoms with E-state index in [2.05, 4.69) is 0 Å². The minimum absolute atomic E-state index is 0.0601. The maximum atomic E-state index is 12.2. The van der Waals surface area contributed by atoms with E-state index in [1.807, 2.05) is 31.1 Å². The van der Waals surface area contributed by atoms with E-state index in [9.17, 15) is 9.59 Å². The highest BCUT2D eigenvalue weighted by atomic mass is 16.2. The number of hydrogen-bond acceptors (Lipinski definition) is 3. The third-order valence-corrected chi connectivity index (χ3v) is 3.83. The lowest BCUT2D eigenvalue weighted by atomic mass is 9.84. The standard InChI is InChI=1S/C17H22N2O2/c1-18(2)11-10-16(20)14-8-5-9-15(12-14)19(3)17(21)13-6-4-7-13/h5,8-13H,4,6-7H2,1-3H3. The van der Waals surface area contributed by atoms with Crippen LogP contribution in [-0.2, 0) is 4.79 Å². The number of allylic oxidation sites excluding steroid dienone is 1. The molecule has 0 N–H and O–H groups in total. The second-order valence-electron chi connectivity index (χ2n) is 5.72. The van der Waals surface area contributed by atoms with Crippen molar-refractivity contribution in [1.82, 2.24) is 4.90 Å². The van der Waals surface area contributed by atoms with Gasteiger partial charge in [-0.25, -0.2) is 0 Å². The van der Waals surface area contributed by atoms with Gasteiger partial charge in [-0.3, -0.25) is 9.59 Å². The van der Waals surface area contributed by atoms with Gasteiger partial charge in [-0.1, -0.05) is 18.6 Å². The van der Waals surface area contributed by atoms with Crippen molar-refractivity contribution >= 4 is 17.4 Å². The molecule has 1 saturated carbocycles. The van der Waals surface area contributed by atoms with Crippen molar-refractivity contribution in [3.63, 3.8) is 0 Å². The van der Waals surface area contributed by atoms with Gasteiger partial charge < -0.3 is 9.80 Å². The van der Waals surface area contributed by atoms with Gasteiger partial charge in [0.05, 0.1) is 0 Å². The Bertz CT molecular complexity index is 560. The van der Waals surface area contributed by atoms with Crippen molar-refractivity contribution in [3.05, 3.63) is 42.1 Å². The van der Waals surface area contributed by atoms with E-state index in [0.717, 1.165) is 24.9 Å². The van der Waals surface area contributed by atoms with Gasteiger partial charge in [-0.05, 0) is 25.0 Å². The molecule has 0 heterocycles. The van der Waals surface area contributed by atoms with Crippen LogP contribution >= 0.6 is 0 Å². The molecule has 21 heavy (non-hydrogen) atoms. The first-order chi connectivity index (χ1) is 9.99. The molecule has 1 aromatic carbocycles. The third-order valence-electron chi connectivity index (χ3n) is 3.83. The number of amides is 1. The lowest BCUT2D eigenvalue weighted by molar-refractivity contribution is -0.124. The molecule has 1 aliphatic carbocycles. The molecule has 4 heteroatoms. The molecule has 0 radical (unpaired) electrons. The summed E-state index contributed by atoms with van der Waals surface area (Å²) in [7, 11) is 5.51. The van der Waals surface area contributed by atoms with Crippen molar-refractivity contribution in [2.45, 2.75) is 19.3 Å². The molecular formula is C17H22N2O2. The average Bonchev–Trinajstić information content (AvgIpc) is 2.42. The van der Waals surface area contributed by atoms with Crippen LogP contribution in [0.2, 0.25) is 0 Å². The fourth-order valence-electron chi connectivity index (χ4n) is 2.24. The van der Waals surface area contributed by atoms with E-state index in [4.69, 9.17) is 0 Å². The van der Waals surface area contributed by atoms with Gasteiger partial charge in [-0.2, -0.15) is 0 Å². The zero-order valence-corrected chi connectivity index (χ0v) is 12.9. The molecule has 1 fully saturated rings. The van der Waals surface area contributed by atoms with Crippen LogP contribution in [-0.4, -0.2) is 37.7 Å². The van der Waals surface area contributed by atoms with Gasteiger partial charge in [0, 0.05) is 50.6 Å². The van der Waals surface area contributed by atoms with Gasteiger partial charge in [-0.15, -0.1) is 0 Å². The van der Waals surface area contributed by atoms with E-state index in [1.165, 1.54) is 6.08 Å². The lowest BCUT2D eigenvalue weighted by Gasteiger charge is -2.29. The van der Waals surface area contributed by atoms with Gasteiger partial charge in [0.1, 0.15) is 0 Å². The first-order valence-electron chi connectivity index (χ1n) is 7.25. The predicted octanol–water partition coefficient (Wildman–Crippen LogP) is 2.71. The number of rotatable bonds is 5. The fraction of sp³-hybridized carbons (Fsp3) is 0.412. The molecule has 0 atom stereocenters. The van der Waals surface area contributed by atoms with Gasteiger partial charge in [0.2, 0.25) is 5.91 Å². The number of ketones is 1. The molecule has 1 aromatic rings. The summed E-state index contributed by atoms with van der Waals surface area (Å²) in [5.74, 6) is 0.243. The topological polar surface area (TPSA) is 40.6 Å². The van der Waals surface area contributed by atoms with Crippen LogP contribution in [0.25, 0.3) is 0 Å². The van der Waals surface area contributed by atoms with Crippen LogP contribution in [0.4, 0.5) is 5.69 Å². The van der Waals surface area contributed by atoms with Crippen LogP contribution in [0.15, 0.2) is 36.5 Å². The molecule has 0 unspecified atom stereocenters. The van der Waals surface area contributed by atoms with Crippen LogP contribution in [0.1, 0.15) is 29.6 Å². The Balaban J connectivity index is 2.13. The molecule has 0 bridgehead atoms.